The molecule has 1 aromatic rings. The van der Waals surface area contributed by atoms with Gasteiger partial charge in [-0.3, -0.25) is 4.79 Å². The summed E-state index contributed by atoms with van der Waals surface area (Å²) in [5, 5.41) is 12.7. The van der Waals surface area contributed by atoms with Crippen molar-refractivity contribution in [3.8, 4) is 0 Å². The van der Waals surface area contributed by atoms with E-state index in [9.17, 15) is 9.90 Å². The van der Waals surface area contributed by atoms with Crippen LogP contribution in [0.15, 0.2) is 12.1 Å². The highest BCUT2D eigenvalue weighted by Gasteiger charge is 2.34. The van der Waals surface area contributed by atoms with Crippen LogP contribution in [0.1, 0.15) is 41.9 Å². The molecule has 0 spiro atoms. The van der Waals surface area contributed by atoms with Gasteiger partial charge in [-0.2, -0.15) is 0 Å². The third-order valence-corrected chi connectivity index (χ3v) is 4.58. The van der Waals surface area contributed by atoms with Gasteiger partial charge in [-0.25, -0.2) is 0 Å². The SMILES string of the molecule is Cc1ccc(CCCC(=O)NCC2(O)CCC2)s1. The summed E-state index contributed by atoms with van der Waals surface area (Å²) in [5.74, 6) is 0.0589. The first-order chi connectivity index (χ1) is 8.57. The molecule has 18 heavy (non-hydrogen) atoms. The standard InChI is InChI=1S/C14H21NO2S/c1-11-6-7-12(18-11)4-2-5-13(16)15-10-14(17)8-3-9-14/h6-7,17H,2-5,8-10H2,1H3,(H,15,16). The number of rotatable bonds is 6. The van der Waals surface area contributed by atoms with Crippen LogP contribution < -0.4 is 5.32 Å². The molecule has 4 heteroatoms. The molecule has 2 N–H and O–H groups in total. The summed E-state index contributed by atoms with van der Waals surface area (Å²) in [6, 6.07) is 4.25. The molecular formula is C14H21NO2S. The van der Waals surface area contributed by atoms with E-state index in [2.05, 4.69) is 24.4 Å². The molecule has 0 unspecified atom stereocenters. The molecule has 1 heterocycles. The van der Waals surface area contributed by atoms with Crippen LogP contribution in [0.5, 0.6) is 0 Å². The minimum atomic E-state index is -0.611. The lowest BCUT2D eigenvalue weighted by molar-refractivity contribution is -0.123. The molecule has 0 saturated heterocycles. The maximum absolute atomic E-state index is 11.6. The van der Waals surface area contributed by atoms with Crippen molar-refractivity contribution in [1.82, 2.24) is 5.32 Å². The van der Waals surface area contributed by atoms with Gasteiger partial charge in [-0.15, -0.1) is 11.3 Å². The minimum Gasteiger partial charge on any atom is -0.388 e. The van der Waals surface area contributed by atoms with Crippen LogP contribution in [-0.4, -0.2) is 23.2 Å². The average Bonchev–Trinajstić information content (AvgIpc) is 2.70. The summed E-state index contributed by atoms with van der Waals surface area (Å²) < 4.78 is 0. The molecule has 1 fully saturated rings. The molecule has 3 nitrogen and oxygen atoms in total. The highest BCUT2D eigenvalue weighted by molar-refractivity contribution is 7.11. The van der Waals surface area contributed by atoms with Crippen molar-refractivity contribution in [1.29, 1.82) is 0 Å². The molecule has 0 radical (unpaired) electrons. The van der Waals surface area contributed by atoms with E-state index in [-0.39, 0.29) is 5.91 Å². The van der Waals surface area contributed by atoms with Crippen molar-refractivity contribution < 1.29 is 9.90 Å². The molecule has 1 saturated carbocycles. The topological polar surface area (TPSA) is 49.3 Å². The third-order valence-electron chi connectivity index (χ3n) is 3.52. The Labute approximate surface area is 112 Å². The van der Waals surface area contributed by atoms with Gasteiger partial charge in [-0.1, -0.05) is 0 Å². The third kappa shape index (κ3) is 3.82. The van der Waals surface area contributed by atoms with Crippen molar-refractivity contribution >= 4 is 17.2 Å². The van der Waals surface area contributed by atoms with E-state index in [0.717, 1.165) is 32.1 Å². The normalized spacial score (nSPS) is 17.2. The van der Waals surface area contributed by atoms with E-state index in [4.69, 9.17) is 0 Å². The minimum absolute atomic E-state index is 0.0589. The van der Waals surface area contributed by atoms with Crippen LogP contribution >= 0.6 is 11.3 Å². The van der Waals surface area contributed by atoms with Crippen LogP contribution in [-0.2, 0) is 11.2 Å². The van der Waals surface area contributed by atoms with Gasteiger partial charge in [-0.05, 0) is 51.2 Å². The zero-order valence-electron chi connectivity index (χ0n) is 10.9. The first-order valence-corrected chi connectivity index (χ1v) is 7.43. The zero-order valence-corrected chi connectivity index (χ0v) is 11.7. The maximum Gasteiger partial charge on any atom is 0.220 e. The van der Waals surface area contributed by atoms with Gasteiger partial charge in [0.05, 0.1) is 5.60 Å². The van der Waals surface area contributed by atoms with Gasteiger partial charge < -0.3 is 10.4 Å². The second-order valence-corrected chi connectivity index (χ2v) is 6.59. The molecule has 0 aliphatic heterocycles. The Bertz CT molecular complexity index is 410. The molecular weight excluding hydrogens is 246 g/mol. The van der Waals surface area contributed by atoms with Gasteiger partial charge in [0, 0.05) is 22.7 Å². The number of aliphatic hydroxyl groups is 1. The molecule has 0 bridgehead atoms. The number of amides is 1. The van der Waals surface area contributed by atoms with Gasteiger partial charge >= 0.3 is 0 Å². The van der Waals surface area contributed by atoms with E-state index in [1.807, 2.05) is 0 Å². The average molecular weight is 267 g/mol. The summed E-state index contributed by atoms with van der Waals surface area (Å²) >= 11 is 1.80. The second kappa shape index (κ2) is 5.85. The van der Waals surface area contributed by atoms with Gasteiger partial charge in [0.15, 0.2) is 0 Å². The number of aryl methyl sites for hydroxylation is 2. The van der Waals surface area contributed by atoms with Gasteiger partial charge in [0.2, 0.25) is 5.91 Å². The summed E-state index contributed by atoms with van der Waals surface area (Å²) in [6.07, 6.45) is 5.11. The Kier molecular flexibility index (Phi) is 4.40. The van der Waals surface area contributed by atoms with E-state index < -0.39 is 5.60 Å². The Balaban J connectivity index is 1.60. The van der Waals surface area contributed by atoms with Crippen LogP contribution in [0, 0.1) is 6.92 Å². The predicted octanol–water partition coefficient (Wildman–Crippen LogP) is 2.41. The Morgan fingerprint density at radius 1 is 1.50 bits per heavy atom. The lowest BCUT2D eigenvalue weighted by Crippen LogP contribution is -2.47. The number of nitrogens with one attached hydrogen (secondary N) is 1. The molecule has 2 rings (SSSR count). The fourth-order valence-corrected chi connectivity index (χ4v) is 3.09. The van der Waals surface area contributed by atoms with E-state index in [1.54, 1.807) is 11.3 Å². The number of carbonyl (C=O) groups is 1. The number of thiophene rings is 1. The number of hydrogen-bond donors (Lipinski definition) is 2. The largest absolute Gasteiger partial charge is 0.388 e. The maximum atomic E-state index is 11.6. The summed E-state index contributed by atoms with van der Waals surface area (Å²) in [4.78, 5) is 14.3. The van der Waals surface area contributed by atoms with Crippen LogP contribution in [0.4, 0.5) is 0 Å². The van der Waals surface area contributed by atoms with E-state index in [0.29, 0.717) is 13.0 Å². The lowest BCUT2D eigenvalue weighted by Gasteiger charge is -2.36. The fraction of sp³-hybridized carbons (Fsp3) is 0.643. The Morgan fingerprint density at radius 2 is 2.28 bits per heavy atom. The monoisotopic (exact) mass is 267 g/mol. The number of carbonyl (C=O) groups excluding carboxylic acids is 1. The number of hydrogen-bond acceptors (Lipinski definition) is 3. The summed E-state index contributed by atoms with van der Waals surface area (Å²) in [6.45, 7) is 2.52. The summed E-state index contributed by atoms with van der Waals surface area (Å²) in [5.41, 5.74) is -0.611. The zero-order chi connectivity index (χ0) is 13.0. The fourth-order valence-electron chi connectivity index (χ4n) is 2.16. The molecule has 1 aliphatic rings. The first-order valence-electron chi connectivity index (χ1n) is 6.62. The van der Waals surface area contributed by atoms with E-state index in [1.165, 1.54) is 9.75 Å². The molecule has 1 aliphatic carbocycles. The molecule has 0 atom stereocenters. The van der Waals surface area contributed by atoms with E-state index >= 15 is 0 Å². The smallest absolute Gasteiger partial charge is 0.220 e. The first kappa shape index (κ1) is 13.6. The van der Waals surface area contributed by atoms with Gasteiger partial charge in [0.1, 0.15) is 0 Å². The molecule has 0 aromatic carbocycles. The highest BCUT2D eigenvalue weighted by Crippen LogP contribution is 2.30. The van der Waals surface area contributed by atoms with Crippen LogP contribution in [0.3, 0.4) is 0 Å². The lowest BCUT2D eigenvalue weighted by atomic mass is 9.80. The quantitative estimate of drug-likeness (QED) is 0.831. The van der Waals surface area contributed by atoms with Gasteiger partial charge in [0.25, 0.3) is 0 Å². The van der Waals surface area contributed by atoms with Crippen molar-refractivity contribution in [2.75, 3.05) is 6.54 Å². The molecule has 1 amide bonds. The molecule has 1 aromatic heterocycles. The van der Waals surface area contributed by atoms with Crippen molar-refractivity contribution in [2.45, 2.75) is 51.0 Å². The summed E-state index contributed by atoms with van der Waals surface area (Å²) in [7, 11) is 0. The Morgan fingerprint density at radius 3 is 2.83 bits per heavy atom. The van der Waals surface area contributed by atoms with Crippen LogP contribution in [0.2, 0.25) is 0 Å². The van der Waals surface area contributed by atoms with Crippen molar-refractivity contribution in [2.24, 2.45) is 0 Å². The predicted molar refractivity (Wildman–Crippen MR) is 73.8 cm³/mol. The molecule has 100 valence electrons. The highest BCUT2D eigenvalue weighted by atomic mass is 32.1. The second-order valence-electron chi connectivity index (χ2n) is 5.22. The van der Waals surface area contributed by atoms with Crippen molar-refractivity contribution in [3.05, 3.63) is 21.9 Å². The Hall–Kier alpha value is -0.870. The van der Waals surface area contributed by atoms with Crippen molar-refractivity contribution in [3.63, 3.8) is 0 Å². The van der Waals surface area contributed by atoms with Crippen LogP contribution in [0.25, 0.3) is 0 Å².